The van der Waals surface area contributed by atoms with Gasteiger partial charge in [0, 0.05) is 10.4 Å². The summed E-state index contributed by atoms with van der Waals surface area (Å²) in [5, 5.41) is 0. The first kappa shape index (κ1) is 14.6. The zero-order valence-corrected chi connectivity index (χ0v) is 14.3. The maximum atomic E-state index is 3.74. The average molecular weight is 341 g/mol. The Bertz CT molecular complexity index is 665. The minimum Gasteiger partial charge on any atom is -0.0720 e. The van der Waals surface area contributed by atoms with Crippen molar-refractivity contribution < 1.29 is 0 Å². The van der Waals surface area contributed by atoms with Crippen molar-refractivity contribution in [1.82, 2.24) is 0 Å². The minimum atomic E-state index is 0.384. The van der Waals surface area contributed by atoms with Gasteiger partial charge >= 0.3 is 0 Å². The number of unbranched alkanes of at least 4 members (excludes halogenated alkanes) is 1. The monoisotopic (exact) mass is 340 g/mol. The molecule has 0 bridgehead atoms. The first-order chi connectivity index (χ1) is 10.2. The van der Waals surface area contributed by atoms with Gasteiger partial charge in [-0.3, -0.25) is 0 Å². The predicted molar refractivity (Wildman–Crippen MR) is 94.8 cm³/mol. The zero-order valence-electron chi connectivity index (χ0n) is 12.7. The summed E-state index contributed by atoms with van der Waals surface area (Å²) in [5.41, 5.74) is 6.89. The van der Waals surface area contributed by atoms with E-state index >= 15 is 0 Å². The highest BCUT2D eigenvalue weighted by Gasteiger charge is 2.21. The Morgan fingerprint density at radius 3 is 2.57 bits per heavy atom. The molecule has 0 aromatic heterocycles. The van der Waals surface area contributed by atoms with Crippen LogP contribution in [0, 0.1) is 6.92 Å². The van der Waals surface area contributed by atoms with Crippen molar-refractivity contribution in [3.05, 3.63) is 74.8 Å². The van der Waals surface area contributed by atoms with E-state index in [4.69, 9.17) is 0 Å². The third-order valence-electron chi connectivity index (χ3n) is 4.24. The molecular weight excluding hydrogens is 320 g/mol. The van der Waals surface area contributed by atoms with Gasteiger partial charge in [-0.1, -0.05) is 71.8 Å². The molecule has 0 aliphatic heterocycles. The Morgan fingerprint density at radius 2 is 1.86 bits per heavy atom. The molecule has 1 unspecified atom stereocenters. The van der Waals surface area contributed by atoms with Crippen LogP contribution >= 0.6 is 15.9 Å². The maximum absolute atomic E-state index is 3.74. The highest BCUT2D eigenvalue weighted by atomic mass is 79.9. The standard InChI is InChI=1S/C20H21Br/c1-3-4-5-15-6-8-16(9-7-15)18-11-10-17-12-14(2)13-19(21)20(17)18/h6-13,18H,3-5H2,1-2H3. The zero-order chi connectivity index (χ0) is 14.8. The molecule has 21 heavy (non-hydrogen) atoms. The minimum absolute atomic E-state index is 0.384. The van der Waals surface area contributed by atoms with Gasteiger partial charge in [-0.2, -0.15) is 0 Å². The topological polar surface area (TPSA) is 0 Å². The molecule has 0 heterocycles. The Kier molecular flexibility index (Phi) is 4.30. The first-order valence-electron chi connectivity index (χ1n) is 7.76. The second-order valence-corrected chi connectivity index (χ2v) is 6.79. The molecule has 0 amide bonds. The van der Waals surface area contributed by atoms with Gasteiger partial charge in [0.05, 0.1) is 0 Å². The molecule has 0 saturated heterocycles. The Labute approximate surface area is 136 Å². The van der Waals surface area contributed by atoms with Crippen LogP contribution in [0.4, 0.5) is 0 Å². The van der Waals surface area contributed by atoms with E-state index in [2.05, 4.69) is 78.3 Å². The van der Waals surface area contributed by atoms with E-state index in [0.717, 1.165) is 0 Å². The van der Waals surface area contributed by atoms with E-state index in [9.17, 15) is 0 Å². The van der Waals surface area contributed by atoms with Gasteiger partial charge in [0.15, 0.2) is 0 Å². The van der Waals surface area contributed by atoms with Crippen LogP contribution in [0.1, 0.15) is 53.5 Å². The van der Waals surface area contributed by atoms with Gasteiger partial charge in [-0.15, -0.1) is 0 Å². The first-order valence-corrected chi connectivity index (χ1v) is 8.55. The molecule has 1 aliphatic carbocycles. The van der Waals surface area contributed by atoms with E-state index < -0.39 is 0 Å². The van der Waals surface area contributed by atoms with Crippen LogP contribution in [0.25, 0.3) is 6.08 Å². The smallest absolute Gasteiger partial charge is 0.0289 e. The van der Waals surface area contributed by atoms with Gasteiger partial charge < -0.3 is 0 Å². The van der Waals surface area contributed by atoms with Crippen LogP contribution in [0.15, 0.2) is 46.9 Å². The molecule has 0 nitrogen and oxygen atoms in total. The van der Waals surface area contributed by atoms with Crippen molar-refractivity contribution in [2.24, 2.45) is 0 Å². The lowest BCUT2D eigenvalue weighted by atomic mass is 9.91. The Morgan fingerprint density at radius 1 is 1.10 bits per heavy atom. The van der Waals surface area contributed by atoms with E-state index in [1.165, 1.54) is 51.6 Å². The van der Waals surface area contributed by atoms with Crippen LogP contribution < -0.4 is 0 Å². The third-order valence-corrected chi connectivity index (χ3v) is 4.90. The van der Waals surface area contributed by atoms with E-state index in [0.29, 0.717) is 5.92 Å². The van der Waals surface area contributed by atoms with Gasteiger partial charge in [0.25, 0.3) is 0 Å². The molecular formula is C20H21Br. The SMILES string of the molecule is CCCCc1ccc(C2C=Cc3cc(C)cc(Br)c32)cc1. The van der Waals surface area contributed by atoms with Crippen LogP contribution in [0.5, 0.6) is 0 Å². The molecule has 2 aromatic carbocycles. The van der Waals surface area contributed by atoms with Crippen LogP contribution in [0.3, 0.4) is 0 Å². The number of fused-ring (bicyclic) bond motifs is 1. The molecule has 108 valence electrons. The van der Waals surface area contributed by atoms with E-state index in [1.807, 2.05) is 0 Å². The second-order valence-electron chi connectivity index (χ2n) is 5.93. The summed E-state index contributed by atoms with van der Waals surface area (Å²) < 4.78 is 1.22. The van der Waals surface area contributed by atoms with Crippen LogP contribution in [-0.4, -0.2) is 0 Å². The highest BCUT2D eigenvalue weighted by molar-refractivity contribution is 9.10. The number of aryl methyl sites for hydroxylation is 2. The van der Waals surface area contributed by atoms with E-state index in [1.54, 1.807) is 0 Å². The fraction of sp³-hybridized carbons (Fsp3) is 0.300. The van der Waals surface area contributed by atoms with Crippen molar-refractivity contribution in [3.63, 3.8) is 0 Å². The molecule has 0 radical (unpaired) electrons. The van der Waals surface area contributed by atoms with Crippen LogP contribution in [0.2, 0.25) is 0 Å². The summed E-state index contributed by atoms with van der Waals surface area (Å²) >= 11 is 3.74. The maximum Gasteiger partial charge on any atom is 0.0289 e. The molecule has 2 aromatic rings. The number of benzene rings is 2. The predicted octanol–water partition coefficient (Wildman–Crippen LogP) is 6.26. The van der Waals surface area contributed by atoms with Gasteiger partial charge in [-0.25, -0.2) is 0 Å². The molecule has 3 rings (SSSR count). The van der Waals surface area contributed by atoms with Crippen LogP contribution in [-0.2, 0) is 6.42 Å². The average Bonchev–Trinajstić information content (AvgIpc) is 2.89. The van der Waals surface area contributed by atoms with Crippen molar-refractivity contribution in [2.75, 3.05) is 0 Å². The number of rotatable bonds is 4. The van der Waals surface area contributed by atoms with Crippen molar-refractivity contribution >= 4 is 22.0 Å². The normalized spacial score (nSPS) is 16.2. The van der Waals surface area contributed by atoms with Gasteiger partial charge in [0.2, 0.25) is 0 Å². The lowest BCUT2D eigenvalue weighted by Crippen LogP contribution is -1.98. The van der Waals surface area contributed by atoms with E-state index in [-0.39, 0.29) is 0 Å². The van der Waals surface area contributed by atoms with Crippen molar-refractivity contribution in [1.29, 1.82) is 0 Å². The van der Waals surface area contributed by atoms with Crippen molar-refractivity contribution in [2.45, 2.75) is 39.0 Å². The fourth-order valence-corrected chi connectivity index (χ4v) is 3.93. The number of hydrogen-bond donors (Lipinski definition) is 0. The number of halogens is 1. The quantitative estimate of drug-likeness (QED) is 0.616. The molecule has 0 spiro atoms. The Balaban J connectivity index is 1.89. The third kappa shape index (κ3) is 2.98. The molecule has 0 N–H and O–H groups in total. The van der Waals surface area contributed by atoms with Gasteiger partial charge in [-0.05, 0) is 53.6 Å². The lowest BCUT2D eigenvalue weighted by molar-refractivity contribution is 0.794. The summed E-state index contributed by atoms with van der Waals surface area (Å²) in [4.78, 5) is 0. The largest absolute Gasteiger partial charge is 0.0720 e. The molecule has 0 fully saturated rings. The molecule has 1 aliphatic rings. The molecule has 1 atom stereocenters. The highest BCUT2D eigenvalue weighted by Crippen LogP contribution is 2.40. The summed E-state index contributed by atoms with van der Waals surface area (Å²) in [7, 11) is 0. The number of hydrogen-bond acceptors (Lipinski definition) is 0. The summed E-state index contributed by atoms with van der Waals surface area (Å²) in [6.07, 6.45) is 8.29. The molecule has 1 heteroatoms. The number of allylic oxidation sites excluding steroid dienone is 1. The van der Waals surface area contributed by atoms with Crippen molar-refractivity contribution in [3.8, 4) is 0 Å². The second kappa shape index (κ2) is 6.19. The fourth-order valence-electron chi connectivity index (χ4n) is 3.09. The lowest BCUT2D eigenvalue weighted by Gasteiger charge is -2.15. The summed E-state index contributed by atoms with van der Waals surface area (Å²) in [6, 6.07) is 13.7. The summed E-state index contributed by atoms with van der Waals surface area (Å²) in [5.74, 6) is 0.384. The van der Waals surface area contributed by atoms with Gasteiger partial charge in [0.1, 0.15) is 0 Å². The molecule has 0 saturated carbocycles. The Hall–Kier alpha value is -1.34. The summed E-state index contributed by atoms with van der Waals surface area (Å²) in [6.45, 7) is 4.39.